The molecule has 0 spiro atoms. The Balaban J connectivity index is 1.79. The smallest absolute Gasteiger partial charge is 0.0971 e. The van der Waals surface area contributed by atoms with Crippen molar-refractivity contribution in [2.75, 3.05) is 13.1 Å². The third-order valence-electron chi connectivity index (χ3n) is 4.90. The van der Waals surface area contributed by atoms with Crippen molar-refractivity contribution in [3.8, 4) is 6.07 Å². The lowest BCUT2D eigenvalue weighted by atomic mass is 9.71. The van der Waals surface area contributed by atoms with Gasteiger partial charge in [0.15, 0.2) is 0 Å². The highest BCUT2D eigenvalue weighted by Crippen LogP contribution is 2.51. The van der Waals surface area contributed by atoms with Gasteiger partial charge in [0.1, 0.15) is 0 Å². The van der Waals surface area contributed by atoms with E-state index in [9.17, 15) is 10.4 Å². The largest absolute Gasteiger partial charge is 0.387 e. The molecule has 2 aliphatic carbocycles. The van der Waals surface area contributed by atoms with Crippen LogP contribution < -0.4 is 0 Å². The van der Waals surface area contributed by atoms with Gasteiger partial charge in [0, 0.05) is 19.1 Å². The maximum absolute atomic E-state index is 10.8. The lowest BCUT2D eigenvalue weighted by Gasteiger charge is -2.37. The molecule has 3 aliphatic rings. The SMILES string of the molecule is N#CC1(C2(O)CCN(C3CC3)C2)CCCC1. The molecule has 3 fully saturated rings. The van der Waals surface area contributed by atoms with Crippen LogP contribution in [-0.4, -0.2) is 34.7 Å². The van der Waals surface area contributed by atoms with E-state index in [4.69, 9.17) is 0 Å². The van der Waals surface area contributed by atoms with Gasteiger partial charge in [-0.25, -0.2) is 0 Å². The molecule has 0 aromatic carbocycles. The molecule has 0 radical (unpaired) electrons. The highest BCUT2D eigenvalue weighted by molar-refractivity contribution is 5.17. The number of rotatable bonds is 2. The third-order valence-corrected chi connectivity index (χ3v) is 4.90. The number of hydrogen-bond acceptors (Lipinski definition) is 3. The second kappa shape index (κ2) is 3.45. The van der Waals surface area contributed by atoms with E-state index in [-0.39, 0.29) is 0 Å². The number of hydrogen-bond donors (Lipinski definition) is 1. The highest BCUT2D eigenvalue weighted by Gasteiger charge is 2.56. The Bertz CT molecular complexity index is 325. The van der Waals surface area contributed by atoms with Crippen molar-refractivity contribution in [2.24, 2.45) is 5.41 Å². The first-order valence-electron chi connectivity index (χ1n) is 6.57. The van der Waals surface area contributed by atoms with Crippen molar-refractivity contribution in [3.05, 3.63) is 0 Å². The number of aliphatic hydroxyl groups is 1. The predicted molar refractivity (Wildman–Crippen MR) is 60.7 cm³/mol. The molecular weight excluding hydrogens is 200 g/mol. The fourth-order valence-corrected chi connectivity index (χ4v) is 3.62. The summed E-state index contributed by atoms with van der Waals surface area (Å²) in [6.45, 7) is 1.73. The minimum atomic E-state index is -0.721. The summed E-state index contributed by atoms with van der Waals surface area (Å²) < 4.78 is 0. The van der Waals surface area contributed by atoms with Gasteiger partial charge in [0.05, 0.1) is 17.1 Å². The summed E-state index contributed by atoms with van der Waals surface area (Å²) in [5.74, 6) is 0. The molecule has 1 saturated heterocycles. The Morgan fingerprint density at radius 1 is 1.19 bits per heavy atom. The van der Waals surface area contributed by atoms with E-state index in [1.54, 1.807) is 0 Å². The van der Waals surface area contributed by atoms with Crippen LogP contribution in [0.5, 0.6) is 0 Å². The van der Waals surface area contributed by atoms with Gasteiger partial charge in [-0.2, -0.15) is 5.26 Å². The Hall–Kier alpha value is -0.590. The average molecular weight is 220 g/mol. The molecule has 0 aromatic rings. The molecule has 0 bridgehead atoms. The molecule has 0 amide bonds. The molecule has 1 aliphatic heterocycles. The van der Waals surface area contributed by atoms with Crippen molar-refractivity contribution in [3.63, 3.8) is 0 Å². The van der Waals surface area contributed by atoms with Crippen LogP contribution in [-0.2, 0) is 0 Å². The lowest BCUT2D eigenvalue weighted by Crippen LogP contribution is -2.48. The molecule has 1 heterocycles. The second-order valence-corrected chi connectivity index (χ2v) is 5.88. The molecule has 1 unspecified atom stereocenters. The van der Waals surface area contributed by atoms with Gasteiger partial charge >= 0.3 is 0 Å². The van der Waals surface area contributed by atoms with Crippen molar-refractivity contribution in [2.45, 2.75) is 56.6 Å². The van der Waals surface area contributed by atoms with Crippen LogP contribution in [0.1, 0.15) is 44.9 Å². The number of β-amino-alcohol motifs (C(OH)–C–C–N with tert-alkyl or cyclic N) is 1. The monoisotopic (exact) mass is 220 g/mol. The van der Waals surface area contributed by atoms with Crippen molar-refractivity contribution in [1.82, 2.24) is 4.90 Å². The summed E-state index contributed by atoms with van der Waals surface area (Å²) in [7, 11) is 0. The van der Waals surface area contributed by atoms with Gasteiger partial charge in [-0.05, 0) is 32.1 Å². The normalized spacial score (nSPS) is 38.8. The highest BCUT2D eigenvalue weighted by atomic mass is 16.3. The van der Waals surface area contributed by atoms with Crippen molar-refractivity contribution < 1.29 is 5.11 Å². The molecule has 3 heteroatoms. The van der Waals surface area contributed by atoms with E-state index in [1.807, 2.05) is 0 Å². The van der Waals surface area contributed by atoms with E-state index in [2.05, 4.69) is 11.0 Å². The molecular formula is C13H20N2O. The van der Waals surface area contributed by atoms with Crippen LogP contribution in [0.15, 0.2) is 0 Å². The van der Waals surface area contributed by atoms with E-state index in [1.165, 1.54) is 12.8 Å². The number of likely N-dealkylation sites (tertiary alicyclic amines) is 1. The summed E-state index contributed by atoms with van der Waals surface area (Å²) in [5.41, 5.74) is -1.16. The van der Waals surface area contributed by atoms with Gasteiger partial charge in [0.2, 0.25) is 0 Å². The molecule has 16 heavy (non-hydrogen) atoms. The van der Waals surface area contributed by atoms with Crippen LogP contribution in [0.4, 0.5) is 0 Å². The van der Waals surface area contributed by atoms with Gasteiger partial charge in [-0.1, -0.05) is 12.8 Å². The number of nitriles is 1. The molecule has 2 saturated carbocycles. The van der Waals surface area contributed by atoms with Crippen LogP contribution in [0.3, 0.4) is 0 Å². The lowest BCUT2D eigenvalue weighted by molar-refractivity contribution is -0.0435. The van der Waals surface area contributed by atoms with Crippen LogP contribution in [0, 0.1) is 16.7 Å². The molecule has 88 valence electrons. The fourth-order valence-electron chi connectivity index (χ4n) is 3.62. The molecule has 3 rings (SSSR count). The zero-order valence-corrected chi connectivity index (χ0v) is 9.78. The third kappa shape index (κ3) is 1.40. The van der Waals surface area contributed by atoms with Crippen molar-refractivity contribution in [1.29, 1.82) is 5.26 Å². The second-order valence-electron chi connectivity index (χ2n) is 5.88. The van der Waals surface area contributed by atoms with E-state index in [0.717, 1.165) is 45.2 Å². The summed E-state index contributed by atoms with van der Waals surface area (Å²) >= 11 is 0. The first kappa shape index (κ1) is 10.6. The Morgan fingerprint density at radius 3 is 2.44 bits per heavy atom. The Morgan fingerprint density at radius 2 is 1.88 bits per heavy atom. The van der Waals surface area contributed by atoms with Crippen LogP contribution >= 0.6 is 0 Å². The first-order chi connectivity index (χ1) is 7.69. The predicted octanol–water partition coefficient (Wildman–Crippen LogP) is 1.67. The molecule has 0 aromatic heterocycles. The van der Waals surface area contributed by atoms with Gasteiger partial charge < -0.3 is 5.11 Å². The minimum absolute atomic E-state index is 0.434. The fraction of sp³-hybridized carbons (Fsp3) is 0.923. The van der Waals surface area contributed by atoms with Gasteiger partial charge in [-0.15, -0.1) is 0 Å². The molecule has 1 N–H and O–H groups in total. The van der Waals surface area contributed by atoms with Crippen LogP contribution in [0.25, 0.3) is 0 Å². The molecule has 1 atom stereocenters. The summed E-state index contributed by atoms with van der Waals surface area (Å²) in [5, 5.41) is 20.3. The van der Waals surface area contributed by atoms with Gasteiger partial charge in [0.25, 0.3) is 0 Å². The summed E-state index contributed by atoms with van der Waals surface area (Å²) in [4.78, 5) is 2.40. The first-order valence-corrected chi connectivity index (χ1v) is 6.57. The van der Waals surface area contributed by atoms with Crippen molar-refractivity contribution >= 4 is 0 Å². The maximum atomic E-state index is 10.8. The van der Waals surface area contributed by atoms with E-state index < -0.39 is 11.0 Å². The van der Waals surface area contributed by atoms with E-state index >= 15 is 0 Å². The maximum Gasteiger partial charge on any atom is 0.0971 e. The average Bonchev–Trinajstić information content (AvgIpc) is 2.88. The topological polar surface area (TPSA) is 47.3 Å². The quantitative estimate of drug-likeness (QED) is 0.770. The van der Waals surface area contributed by atoms with Crippen LogP contribution in [0.2, 0.25) is 0 Å². The van der Waals surface area contributed by atoms with E-state index in [0.29, 0.717) is 6.04 Å². The van der Waals surface area contributed by atoms with Gasteiger partial charge in [-0.3, -0.25) is 4.90 Å². The number of nitrogens with zero attached hydrogens (tertiary/aromatic N) is 2. The zero-order chi connectivity index (χ0) is 11.2. The minimum Gasteiger partial charge on any atom is -0.387 e. The summed E-state index contributed by atoms with van der Waals surface area (Å²) in [6.07, 6.45) is 7.40. The Kier molecular flexibility index (Phi) is 2.28. The molecule has 3 nitrogen and oxygen atoms in total. The standard InChI is InChI=1S/C13H20N2O/c14-9-12(5-1-2-6-12)13(16)7-8-15(10-13)11-3-4-11/h11,16H,1-8,10H2. The zero-order valence-electron chi connectivity index (χ0n) is 9.78. The summed E-state index contributed by atoms with van der Waals surface area (Å²) in [6, 6.07) is 3.18. The Labute approximate surface area is 97.0 Å².